The number of aromatic nitrogens is 2. The van der Waals surface area contributed by atoms with Crippen LogP contribution >= 0.6 is 0 Å². The number of carbonyl (C=O) groups is 1. The largest absolute Gasteiger partial charge is 0.487 e. The van der Waals surface area contributed by atoms with Crippen molar-refractivity contribution in [3.63, 3.8) is 0 Å². The summed E-state index contributed by atoms with van der Waals surface area (Å²) in [7, 11) is 0. The molecule has 2 N–H and O–H groups in total. The molecular formula is C22H26N4O2. The number of urea groups is 1. The van der Waals surface area contributed by atoms with Gasteiger partial charge in [0, 0.05) is 25.5 Å². The van der Waals surface area contributed by atoms with Gasteiger partial charge in [-0.2, -0.15) is 0 Å². The van der Waals surface area contributed by atoms with Crippen LogP contribution in [0.15, 0.2) is 60.9 Å². The monoisotopic (exact) mass is 378 g/mol. The molecule has 0 saturated heterocycles. The van der Waals surface area contributed by atoms with Crippen LogP contribution in [-0.2, 0) is 13.2 Å². The van der Waals surface area contributed by atoms with Crippen LogP contribution < -0.4 is 15.4 Å². The molecule has 146 valence electrons. The summed E-state index contributed by atoms with van der Waals surface area (Å²) in [5.41, 5.74) is 2.81. The molecule has 0 atom stereocenters. The third-order valence-corrected chi connectivity index (χ3v) is 4.41. The van der Waals surface area contributed by atoms with Crippen LogP contribution in [0.25, 0.3) is 0 Å². The summed E-state index contributed by atoms with van der Waals surface area (Å²) in [5.74, 6) is 1.64. The minimum absolute atomic E-state index is 0.240. The number of aryl methyl sites for hydroxylation is 3. The Kier molecular flexibility index (Phi) is 6.68. The molecule has 1 heterocycles. The molecule has 0 aliphatic carbocycles. The maximum Gasteiger partial charge on any atom is 0.319 e. The molecule has 0 aliphatic rings. The lowest BCUT2D eigenvalue weighted by molar-refractivity contribution is 0.251. The Morgan fingerprint density at radius 1 is 1.14 bits per heavy atom. The summed E-state index contributed by atoms with van der Waals surface area (Å²) in [6.45, 7) is 5.81. The van der Waals surface area contributed by atoms with E-state index in [1.54, 1.807) is 6.20 Å². The van der Waals surface area contributed by atoms with E-state index >= 15 is 0 Å². The van der Waals surface area contributed by atoms with Crippen molar-refractivity contribution >= 4 is 11.7 Å². The van der Waals surface area contributed by atoms with E-state index in [0.29, 0.717) is 24.6 Å². The summed E-state index contributed by atoms with van der Waals surface area (Å²) in [5, 5.41) is 5.77. The number of hydrogen-bond acceptors (Lipinski definition) is 3. The van der Waals surface area contributed by atoms with Gasteiger partial charge >= 0.3 is 6.03 Å². The van der Waals surface area contributed by atoms with Crippen LogP contribution in [0.1, 0.15) is 23.4 Å². The fraction of sp³-hybridized carbons (Fsp3) is 0.273. The lowest BCUT2D eigenvalue weighted by Crippen LogP contribution is -2.30. The number of nitrogens with one attached hydrogen (secondary N) is 2. The number of anilines is 1. The summed E-state index contributed by atoms with van der Waals surface area (Å²) in [6.07, 6.45) is 4.55. The van der Waals surface area contributed by atoms with Gasteiger partial charge in [-0.3, -0.25) is 0 Å². The highest BCUT2D eigenvalue weighted by molar-refractivity contribution is 5.90. The van der Waals surface area contributed by atoms with Gasteiger partial charge in [-0.15, -0.1) is 0 Å². The highest BCUT2D eigenvalue weighted by Gasteiger charge is 2.09. The van der Waals surface area contributed by atoms with Crippen molar-refractivity contribution in [2.45, 2.75) is 33.4 Å². The second-order valence-corrected chi connectivity index (χ2v) is 6.68. The molecule has 3 rings (SSSR count). The molecule has 2 amide bonds. The van der Waals surface area contributed by atoms with Crippen molar-refractivity contribution in [1.29, 1.82) is 0 Å². The van der Waals surface area contributed by atoms with E-state index < -0.39 is 0 Å². The first-order valence-electron chi connectivity index (χ1n) is 9.42. The minimum atomic E-state index is -0.240. The van der Waals surface area contributed by atoms with Crippen molar-refractivity contribution in [1.82, 2.24) is 14.9 Å². The standard InChI is InChI=1S/C22H26N4O2/c1-17-9-10-20(21(15-17)28-16-19-7-4-3-5-8-19)25-22(27)24-11-6-13-26-14-12-23-18(26)2/h3-5,7-10,12,14-15H,6,11,13,16H2,1-2H3,(H2,24,25,27). The first kappa shape index (κ1) is 19.5. The molecule has 3 aromatic rings. The number of rotatable bonds is 8. The van der Waals surface area contributed by atoms with Crippen LogP contribution in [-0.4, -0.2) is 22.1 Å². The Morgan fingerprint density at radius 2 is 1.96 bits per heavy atom. The van der Waals surface area contributed by atoms with Crippen molar-refractivity contribution in [2.24, 2.45) is 0 Å². The van der Waals surface area contributed by atoms with E-state index in [1.165, 1.54) is 0 Å². The van der Waals surface area contributed by atoms with Crippen molar-refractivity contribution in [3.8, 4) is 5.75 Å². The van der Waals surface area contributed by atoms with Crippen LogP contribution in [0.4, 0.5) is 10.5 Å². The van der Waals surface area contributed by atoms with Gasteiger partial charge in [-0.05, 0) is 43.5 Å². The summed E-state index contributed by atoms with van der Waals surface area (Å²) in [6, 6.07) is 15.5. The molecule has 0 bridgehead atoms. The van der Waals surface area contributed by atoms with Gasteiger partial charge in [-0.1, -0.05) is 36.4 Å². The second-order valence-electron chi connectivity index (χ2n) is 6.68. The molecule has 0 saturated carbocycles. The van der Waals surface area contributed by atoms with Gasteiger partial charge in [0.1, 0.15) is 18.2 Å². The number of hydrogen-bond donors (Lipinski definition) is 2. The van der Waals surface area contributed by atoms with Crippen molar-refractivity contribution in [3.05, 3.63) is 77.9 Å². The quantitative estimate of drug-likeness (QED) is 0.575. The molecule has 0 spiro atoms. The lowest BCUT2D eigenvalue weighted by atomic mass is 10.2. The number of amides is 2. The topological polar surface area (TPSA) is 68.2 Å². The zero-order chi connectivity index (χ0) is 19.8. The SMILES string of the molecule is Cc1ccc(NC(=O)NCCCn2ccnc2C)c(OCc2ccccc2)c1. The predicted molar refractivity (Wildman–Crippen MR) is 111 cm³/mol. The van der Waals surface area contributed by atoms with Crippen molar-refractivity contribution < 1.29 is 9.53 Å². The average Bonchev–Trinajstić information content (AvgIpc) is 3.11. The molecule has 28 heavy (non-hydrogen) atoms. The molecule has 0 radical (unpaired) electrons. The van der Waals surface area contributed by atoms with Crippen LogP contribution in [0, 0.1) is 13.8 Å². The van der Waals surface area contributed by atoms with Crippen LogP contribution in [0.3, 0.4) is 0 Å². The molecule has 6 nitrogen and oxygen atoms in total. The molecule has 0 unspecified atom stereocenters. The van der Waals surface area contributed by atoms with E-state index in [4.69, 9.17) is 4.74 Å². The molecule has 1 aromatic heterocycles. The fourth-order valence-corrected chi connectivity index (χ4v) is 2.85. The fourth-order valence-electron chi connectivity index (χ4n) is 2.85. The van der Waals surface area contributed by atoms with Gasteiger partial charge in [0.15, 0.2) is 0 Å². The maximum absolute atomic E-state index is 12.3. The van der Waals surface area contributed by atoms with Crippen molar-refractivity contribution in [2.75, 3.05) is 11.9 Å². The normalized spacial score (nSPS) is 10.5. The van der Waals surface area contributed by atoms with E-state index in [9.17, 15) is 4.79 Å². The highest BCUT2D eigenvalue weighted by Crippen LogP contribution is 2.26. The van der Waals surface area contributed by atoms with E-state index in [2.05, 4.69) is 20.2 Å². The smallest absolute Gasteiger partial charge is 0.319 e. The third kappa shape index (κ3) is 5.61. The van der Waals surface area contributed by atoms with Gasteiger partial charge < -0.3 is 19.9 Å². The minimum Gasteiger partial charge on any atom is -0.487 e. The Bertz CT molecular complexity index is 906. The Morgan fingerprint density at radius 3 is 2.71 bits per heavy atom. The lowest BCUT2D eigenvalue weighted by Gasteiger charge is -2.14. The summed E-state index contributed by atoms with van der Waals surface area (Å²) >= 11 is 0. The first-order chi connectivity index (χ1) is 13.6. The molecule has 2 aromatic carbocycles. The number of ether oxygens (including phenoxy) is 1. The number of nitrogens with zero attached hydrogens (tertiary/aromatic N) is 2. The zero-order valence-corrected chi connectivity index (χ0v) is 16.3. The number of benzene rings is 2. The van der Waals surface area contributed by atoms with Gasteiger partial charge in [0.2, 0.25) is 0 Å². The molecule has 6 heteroatoms. The third-order valence-electron chi connectivity index (χ3n) is 4.41. The Hall–Kier alpha value is -3.28. The zero-order valence-electron chi connectivity index (χ0n) is 16.3. The van der Waals surface area contributed by atoms with Gasteiger partial charge in [0.05, 0.1) is 5.69 Å². The molecule has 0 fully saturated rings. The molecular weight excluding hydrogens is 352 g/mol. The van der Waals surface area contributed by atoms with E-state index in [0.717, 1.165) is 29.9 Å². The average molecular weight is 378 g/mol. The summed E-state index contributed by atoms with van der Waals surface area (Å²) < 4.78 is 8.00. The first-order valence-corrected chi connectivity index (χ1v) is 9.42. The summed E-state index contributed by atoms with van der Waals surface area (Å²) in [4.78, 5) is 16.4. The second kappa shape index (κ2) is 9.60. The van der Waals surface area contributed by atoms with Crippen LogP contribution in [0.5, 0.6) is 5.75 Å². The number of carbonyl (C=O) groups excluding carboxylic acids is 1. The van der Waals surface area contributed by atoms with Gasteiger partial charge in [-0.25, -0.2) is 9.78 Å². The Labute approximate surface area is 165 Å². The highest BCUT2D eigenvalue weighted by atomic mass is 16.5. The predicted octanol–water partition coefficient (Wildman–Crippen LogP) is 4.29. The number of imidazole rings is 1. The van der Waals surface area contributed by atoms with Gasteiger partial charge in [0.25, 0.3) is 0 Å². The van der Waals surface area contributed by atoms with Crippen LogP contribution in [0.2, 0.25) is 0 Å². The van der Waals surface area contributed by atoms with E-state index in [1.807, 2.05) is 68.6 Å². The molecule has 0 aliphatic heterocycles. The Balaban J connectivity index is 1.51. The maximum atomic E-state index is 12.3. The van der Waals surface area contributed by atoms with E-state index in [-0.39, 0.29) is 6.03 Å².